The Morgan fingerprint density at radius 3 is 2.78 bits per heavy atom. The van der Waals surface area contributed by atoms with Crippen LogP contribution < -0.4 is 15.0 Å². The number of carboxylic acids is 1. The number of carbonyl (C=O) groups excluding carboxylic acids is 2. The van der Waals surface area contributed by atoms with Crippen LogP contribution in [0, 0.1) is 0 Å². The highest BCUT2D eigenvalue weighted by atomic mass is 16.5. The summed E-state index contributed by atoms with van der Waals surface area (Å²) in [6.45, 7) is 6.00. The number of fused-ring (bicyclic) bond motifs is 1. The molecule has 11 nitrogen and oxygen atoms in total. The highest BCUT2D eigenvalue weighted by molar-refractivity contribution is 6.05. The number of hydrogen-bond acceptors (Lipinski definition) is 7. The zero-order valence-electron chi connectivity index (χ0n) is 20.2. The number of benzene rings is 2. The predicted octanol–water partition coefficient (Wildman–Crippen LogP) is 2.62. The largest absolute Gasteiger partial charge is 0.496 e. The molecule has 0 bridgehead atoms. The molecule has 1 unspecified atom stereocenters. The van der Waals surface area contributed by atoms with E-state index in [1.54, 1.807) is 18.2 Å². The number of rotatable bonds is 8. The maximum Gasteiger partial charge on any atom is 0.350 e. The molecule has 0 aliphatic carbocycles. The molecule has 1 aromatic heterocycles. The number of ether oxygens (including phenoxy) is 1. The standard InChI is InChI=1S/C25H28N6O5/c1-4-11-30-12-7-8-16(30)15-26-23(32)18-13-21-19(14-22(18)36-3)27-28-31(21)25(35)29(2)20-10-6-5-9-17(20)24(33)34/h4-6,9-10,13-14,16H,1,7-8,11-12,15H2,2-3H3,(H,26,32)(H,33,34). The van der Waals surface area contributed by atoms with E-state index in [0.717, 1.165) is 30.6 Å². The molecular weight excluding hydrogens is 464 g/mol. The van der Waals surface area contributed by atoms with Gasteiger partial charge in [0.05, 0.1) is 23.9 Å². The molecule has 2 amide bonds. The number of carboxylic acid groups (broad SMARTS) is 1. The predicted molar refractivity (Wildman–Crippen MR) is 134 cm³/mol. The van der Waals surface area contributed by atoms with Crippen LogP contribution >= 0.6 is 0 Å². The molecule has 0 spiro atoms. The van der Waals surface area contributed by atoms with Crippen molar-refractivity contribution in [3.63, 3.8) is 0 Å². The number of likely N-dealkylation sites (tertiary alicyclic amines) is 1. The molecule has 2 heterocycles. The van der Waals surface area contributed by atoms with Crippen LogP contribution in [-0.2, 0) is 0 Å². The molecule has 2 N–H and O–H groups in total. The van der Waals surface area contributed by atoms with Gasteiger partial charge in [-0.3, -0.25) is 14.6 Å². The van der Waals surface area contributed by atoms with Gasteiger partial charge in [0.1, 0.15) is 16.8 Å². The Balaban J connectivity index is 1.62. The molecule has 3 aromatic rings. The summed E-state index contributed by atoms with van der Waals surface area (Å²) in [7, 11) is 2.90. The van der Waals surface area contributed by atoms with Gasteiger partial charge in [0.2, 0.25) is 0 Å². The van der Waals surface area contributed by atoms with E-state index in [1.165, 1.54) is 37.3 Å². The Bertz CT molecular complexity index is 1320. The summed E-state index contributed by atoms with van der Waals surface area (Å²) >= 11 is 0. The number of nitrogens with one attached hydrogen (secondary N) is 1. The maximum atomic E-state index is 13.3. The minimum absolute atomic E-state index is 0.0306. The van der Waals surface area contributed by atoms with E-state index in [9.17, 15) is 19.5 Å². The van der Waals surface area contributed by atoms with Crippen molar-refractivity contribution in [3.8, 4) is 5.75 Å². The summed E-state index contributed by atoms with van der Waals surface area (Å²) in [5.74, 6) is -1.20. The number of aromatic nitrogens is 3. The van der Waals surface area contributed by atoms with Gasteiger partial charge in [-0.1, -0.05) is 23.4 Å². The van der Waals surface area contributed by atoms with Gasteiger partial charge in [-0.25, -0.2) is 9.59 Å². The Morgan fingerprint density at radius 2 is 2.06 bits per heavy atom. The summed E-state index contributed by atoms with van der Waals surface area (Å²) in [6, 6.07) is 8.80. The molecule has 2 aromatic carbocycles. The molecular formula is C25H28N6O5. The topological polar surface area (TPSA) is 130 Å². The fourth-order valence-electron chi connectivity index (χ4n) is 4.47. The summed E-state index contributed by atoms with van der Waals surface area (Å²) in [4.78, 5) is 41.5. The van der Waals surface area contributed by atoms with Crippen LogP contribution in [0.1, 0.15) is 33.6 Å². The van der Waals surface area contributed by atoms with Gasteiger partial charge in [-0.15, -0.1) is 11.7 Å². The van der Waals surface area contributed by atoms with Crippen molar-refractivity contribution in [2.24, 2.45) is 0 Å². The Hall–Kier alpha value is -4.25. The first-order valence-electron chi connectivity index (χ1n) is 11.5. The van der Waals surface area contributed by atoms with Crippen LogP contribution in [0.25, 0.3) is 11.0 Å². The summed E-state index contributed by atoms with van der Waals surface area (Å²) < 4.78 is 6.45. The van der Waals surface area contributed by atoms with Crippen molar-refractivity contribution >= 4 is 34.6 Å². The average Bonchev–Trinajstić information content (AvgIpc) is 3.52. The molecule has 36 heavy (non-hydrogen) atoms. The second-order valence-corrected chi connectivity index (χ2v) is 8.50. The second-order valence-electron chi connectivity index (χ2n) is 8.50. The van der Waals surface area contributed by atoms with Crippen LogP contribution in [0.5, 0.6) is 5.75 Å². The van der Waals surface area contributed by atoms with Gasteiger partial charge in [0.15, 0.2) is 0 Å². The number of aromatic carboxylic acids is 1. The van der Waals surface area contributed by atoms with Gasteiger partial charge in [-0.2, -0.15) is 4.68 Å². The number of methoxy groups -OCH3 is 1. The summed E-state index contributed by atoms with van der Waals surface area (Å²) in [6.07, 6.45) is 3.91. The monoisotopic (exact) mass is 492 g/mol. The molecule has 188 valence electrons. The number of nitrogens with zero attached hydrogens (tertiary/aromatic N) is 5. The lowest BCUT2D eigenvalue weighted by molar-refractivity contribution is 0.0697. The number of amides is 2. The van der Waals surface area contributed by atoms with Crippen molar-refractivity contribution in [2.45, 2.75) is 18.9 Å². The normalized spacial score (nSPS) is 15.6. The first-order chi connectivity index (χ1) is 17.3. The SMILES string of the molecule is C=CCN1CCCC1CNC(=O)c1cc2c(cc1OC)nnn2C(=O)N(C)c1ccccc1C(=O)O. The van der Waals surface area contributed by atoms with Gasteiger partial charge in [0, 0.05) is 32.2 Å². The minimum atomic E-state index is -1.16. The molecule has 4 rings (SSSR count). The van der Waals surface area contributed by atoms with Crippen molar-refractivity contribution in [1.82, 2.24) is 25.2 Å². The van der Waals surface area contributed by atoms with Crippen molar-refractivity contribution in [3.05, 3.63) is 60.2 Å². The maximum absolute atomic E-state index is 13.3. The van der Waals surface area contributed by atoms with Crippen LogP contribution in [0.4, 0.5) is 10.5 Å². The van der Waals surface area contributed by atoms with Crippen LogP contribution in [0.3, 0.4) is 0 Å². The average molecular weight is 493 g/mol. The fraction of sp³-hybridized carbons (Fsp3) is 0.320. The third-order valence-electron chi connectivity index (χ3n) is 6.34. The van der Waals surface area contributed by atoms with E-state index in [4.69, 9.17) is 4.74 Å². The lowest BCUT2D eigenvalue weighted by Crippen LogP contribution is -2.40. The van der Waals surface area contributed by atoms with Crippen molar-refractivity contribution in [1.29, 1.82) is 0 Å². The number of anilines is 1. The van der Waals surface area contributed by atoms with E-state index in [2.05, 4.69) is 27.1 Å². The lowest BCUT2D eigenvalue weighted by Gasteiger charge is -2.23. The Morgan fingerprint density at radius 1 is 1.28 bits per heavy atom. The summed E-state index contributed by atoms with van der Waals surface area (Å²) in [5.41, 5.74) is 1.05. The smallest absolute Gasteiger partial charge is 0.350 e. The Kier molecular flexibility index (Phi) is 7.30. The molecule has 1 aliphatic rings. The van der Waals surface area contributed by atoms with Gasteiger partial charge in [-0.05, 0) is 37.6 Å². The zero-order valence-corrected chi connectivity index (χ0v) is 20.2. The minimum Gasteiger partial charge on any atom is -0.496 e. The van der Waals surface area contributed by atoms with E-state index in [1.807, 2.05) is 6.08 Å². The van der Waals surface area contributed by atoms with E-state index >= 15 is 0 Å². The van der Waals surface area contributed by atoms with Crippen LogP contribution in [-0.4, -0.2) is 82.7 Å². The van der Waals surface area contributed by atoms with E-state index in [0.29, 0.717) is 23.3 Å². The second kappa shape index (κ2) is 10.6. The summed E-state index contributed by atoms with van der Waals surface area (Å²) in [5, 5.41) is 20.5. The number of hydrogen-bond donors (Lipinski definition) is 2. The van der Waals surface area contributed by atoms with Gasteiger partial charge < -0.3 is 15.2 Å². The van der Waals surface area contributed by atoms with Gasteiger partial charge >= 0.3 is 12.0 Å². The van der Waals surface area contributed by atoms with Gasteiger partial charge in [0.25, 0.3) is 5.91 Å². The Labute approximate surface area is 207 Å². The first kappa shape index (κ1) is 24.9. The molecule has 1 fully saturated rings. The first-order valence-corrected chi connectivity index (χ1v) is 11.5. The molecule has 0 radical (unpaired) electrons. The fourth-order valence-corrected chi connectivity index (χ4v) is 4.47. The highest BCUT2D eigenvalue weighted by Crippen LogP contribution is 2.26. The van der Waals surface area contributed by atoms with Crippen molar-refractivity contribution < 1.29 is 24.2 Å². The van der Waals surface area contributed by atoms with Crippen LogP contribution in [0.15, 0.2) is 49.1 Å². The zero-order chi connectivity index (χ0) is 25.8. The quantitative estimate of drug-likeness (QED) is 0.459. The third-order valence-corrected chi connectivity index (χ3v) is 6.34. The number of carbonyl (C=O) groups is 3. The molecule has 1 aliphatic heterocycles. The van der Waals surface area contributed by atoms with E-state index in [-0.39, 0.29) is 28.8 Å². The van der Waals surface area contributed by atoms with E-state index < -0.39 is 12.0 Å². The number of para-hydroxylation sites is 1. The third kappa shape index (κ3) is 4.78. The molecule has 11 heteroatoms. The molecule has 0 saturated carbocycles. The molecule has 1 atom stereocenters. The van der Waals surface area contributed by atoms with Crippen molar-refractivity contribution in [2.75, 3.05) is 38.7 Å². The molecule has 1 saturated heterocycles. The van der Waals surface area contributed by atoms with Crippen LogP contribution in [0.2, 0.25) is 0 Å². The highest BCUT2D eigenvalue weighted by Gasteiger charge is 2.26. The lowest BCUT2D eigenvalue weighted by atomic mass is 10.1.